The topological polar surface area (TPSA) is 91.8 Å². The third kappa shape index (κ3) is 3.92. The maximum atomic E-state index is 12.2. The van der Waals surface area contributed by atoms with Gasteiger partial charge in [0, 0.05) is 11.9 Å². The van der Waals surface area contributed by atoms with Crippen molar-refractivity contribution in [3.05, 3.63) is 16.1 Å². The molecule has 2 atom stereocenters. The summed E-state index contributed by atoms with van der Waals surface area (Å²) < 4.78 is 5.56. The number of carboxylic acid groups (broad SMARTS) is 1. The number of aromatic nitrogens is 1. The van der Waals surface area contributed by atoms with Gasteiger partial charge >= 0.3 is 12.0 Å². The van der Waals surface area contributed by atoms with Crippen molar-refractivity contribution in [3.63, 3.8) is 0 Å². The molecule has 1 aliphatic heterocycles. The fourth-order valence-electron chi connectivity index (χ4n) is 2.17. The molecule has 2 unspecified atom stereocenters. The van der Waals surface area contributed by atoms with Crippen LogP contribution in [0.5, 0.6) is 0 Å². The summed E-state index contributed by atoms with van der Waals surface area (Å²) >= 11 is 1.22. The van der Waals surface area contributed by atoms with Crippen molar-refractivity contribution in [2.24, 2.45) is 0 Å². The molecule has 1 fully saturated rings. The number of nitrogens with one attached hydrogen (secondary N) is 1. The van der Waals surface area contributed by atoms with E-state index in [1.165, 1.54) is 16.7 Å². The summed E-state index contributed by atoms with van der Waals surface area (Å²) in [6, 6.07) is -0.0869. The van der Waals surface area contributed by atoms with E-state index in [1.54, 1.807) is 4.90 Å². The lowest BCUT2D eigenvalue weighted by molar-refractivity contribution is -0.0378. The zero-order valence-corrected chi connectivity index (χ0v) is 12.9. The minimum absolute atomic E-state index is 0.00989. The average molecular weight is 313 g/mol. The highest BCUT2D eigenvalue weighted by atomic mass is 32.1. The lowest BCUT2D eigenvalue weighted by Crippen LogP contribution is -2.54. The first-order valence-electron chi connectivity index (χ1n) is 6.85. The van der Waals surface area contributed by atoms with Gasteiger partial charge < -0.3 is 20.1 Å². The van der Waals surface area contributed by atoms with E-state index in [1.807, 2.05) is 13.8 Å². The quantitative estimate of drug-likeness (QED) is 0.880. The number of aromatic carboxylic acids is 1. The molecule has 1 saturated heterocycles. The van der Waals surface area contributed by atoms with E-state index in [2.05, 4.69) is 10.3 Å². The second-order valence-electron chi connectivity index (χ2n) is 4.95. The summed E-state index contributed by atoms with van der Waals surface area (Å²) in [4.78, 5) is 28.7. The standard InChI is InChI=1S/C13H19N3O4S/c1-3-9-6-20-8(2)5-16(9)13(19)14-4-11-15-10(7-21-11)12(17)18/h7-9H,3-6H2,1-2H3,(H,14,19)(H,17,18). The van der Waals surface area contributed by atoms with Crippen LogP contribution in [0.1, 0.15) is 35.8 Å². The molecule has 1 aromatic heterocycles. The first-order valence-corrected chi connectivity index (χ1v) is 7.73. The number of urea groups is 1. The van der Waals surface area contributed by atoms with Crippen LogP contribution in [0.25, 0.3) is 0 Å². The van der Waals surface area contributed by atoms with Crippen molar-refractivity contribution in [2.75, 3.05) is 13.2 Å². The predicted molar refractivity (Wildman–Crippen MR) is 77.5 cm³/mol. The molecule has 0 bridgehead atoms. The lowest BCUT2D eigenvalue weighted by Gasteiger charge is -2.38. The van der Waals surface area contributed by atoms with Crippen LogP contribution in [0.15, 0.2) is 5.38 Å². The number of morpholine rings is 1. The van der Waals surface area contributed by atoms with Gasteiger partial charge in [-0.05, 0) is 13.3 Å². The van der Waals surface area contributed by atoms with Gasteiger partial charge in [-0.2, -0.15) is 0 Å². The molecule has 0 spiro atoms. The summed E-state index contributed by atoms with van der Waals surface area (Å²) in [5.74, 6) is -1.06. The van der Waals surface area contributed by atoms with Crippen molar-refractivity contribution in [1.82, 2.24) is 15.2 Å². The number of carbonyl (C=O) groups excluding carboxylic acids is 1. The number of hydrogen-bond donors (Lipinski definition) is 2. The van der Waals surface area contributed by atoms with Gasteiger partial charge in [0.25, 0.3) is 0 Å². The first-order chi connectivity index (χ1) is 10.0. The third-order valence-corrected chi connectivity index (χ3v) is 4.21. The van der Waals surface area contributed by atoms with Gasteiger partial charge in [0.2, 0.25) is 0 Å². The minimum Gasteiger partial charge on any atom is -0.476 e. The molecule has 2 heterocycles. The molecule has 2 rings (SSSR count). The Morgan fingerprint density at radius 3 is 3.00 bits per heavy atom. The van der Waals surface area contributed by atoms with Crippen LogP contribution in [0, 0.1) is 0 Å². The maximum absolute atomic E-state index is 12.2. The molecule has 116 valence electrons. The van der Waals surface area contributed by atoms with Gasteiger partial charge in [0.05, 0.1) is 25.3 Å². The molecule has 7 nitrogen and oxygen atoms in total. The molecule has 2 amide bonds. The van der Waals surface area contributed by atoms with E-state index in [9.17, 15) is 9.59 Å². The van der Waals surface area contributed by atoms with Crippen LogP contribution in [0.3, 0.4) is 0 Å². The number of carboxylic acids is 1. The highest BCUT2D eigenvalue weighted by molar-refractivity contribution is 7.09. The van der Waals surface area contributed by atoms with Gasteiger partial charge in [-0.25, -0.2) is 14.6 Å². The fourth-order valence-corrected chi connectivity index (χ4v) is 2.88. The highest BCUT2D eigenvalue weighted by Crippen LogP contribution is 2.15. The number of ether oxygens (including phenoxy) is 1. The van der Waals surface area contributed by atoms with Gasteiger partial charge in [-0.15, -0.1) is 11.3 Å². The Labute approximate surface area is 126 Å². The molecular weight excluding hydrogens is 294 g/mol. The number of amides is 2. The van der Waals surface area contributed by atoms with Gasteiger partial charge in [-0.3, -0.25) is 0 Å². The molecule has 0 saturated carbocycles. The number of nitrogens with zero attached hydrogens (tertiary/aromatic N) is 2. The van der Waals surface area contributed by atoms with Crippen molar-refractivity contribution >= 4 is 23.3 Å². The predicted octanol–water partition coefficient (Wildman–Crippen LogP) is 1.55. The van der Waals surface area contributed by atoms with Crippen molar-refractivity contribution < 1.29 is 19.4 Å². The van der Waals surface area contributed by atoms with Gasteiger partial charge in [-0.1, -0.05) is 6.92 Å². The van der Waals surface area contributed by atoms with Crippen LogP contribution >= 0.6 is 11.3 Å². The van der Waals surface area contributed by atoms with Crippen LogP contribution in [-0.4, -0.2) is 52.3 Å². The smallest absolute Gasteiger partial charge is 0.355 e. The zero-order chi connectivity index (χ0) is 15.4. The van der Waals surface area contributed by atoms with Crippen LogP contribution in [0.4, 0.5) is 4.79 Å². The van der Waals surface area contributed by atoms with E-state index >= 15 is 0 Å². The van der Waals surface area contributed by atoms with E-state index in [-0.39, 0.29) is 30.4 Å². The first kappa shape index (κ1) is 15.7. The molecule has 8 heteroatoms. The van der Waals surface area contributed by atoms with Crippen LogP contribution < -0.4 is 5.32 Å². The monoisotopic (exact) mass is 313 g/mol. The summed E-state index contributed by atoms with van der Waals surface area (Å²) in [5.41, 5.74) is 0.00989. The molecule has 2 N–H and O–H groups in total. The average Bonchev–Trinajstić information content (AvgIpc) is 2.94. The van der Waals surface area contributed by atoms with Crippen LogP contribution in [0.2, 0.25) is 0 Å². The van der Waals surface area contributed by atoms with Crippen molar-refractivity contribution in [3.8, 4) is 0 Å². The molecule has 1 aliphatic rings. The number of hydrogen-bond acceptors (Lipinski definition) is 5. The highest BCUT2D eigenvalue weighted by Gasteiger charge is 2.29. The lowest BCUT2D eigenvalue weighted by atomic mass is 10.1. The molecule has 0 aromatic carbocycles. The largest absolute Gasteiger partial charge is 0.476 e. The number of rotatable bonds is 4. The fraction of sp³-hybridized carbons (Fsp3) is 0.615. The van der Waals surface area contributed by atoms with E-state index in [0.717, 1.165) is 6.42 Å². The Kier molecular flexibility index (Phi) is 5.13. The summed E-state index contributed by atoms with van der Waals surface area (Å²) in [6.07, 6.45) is 0.859. The number of thiazole rings is 1. The van der Waals surface area contributed by atoms with Crippen molar-refractivity contribution in [1.29, 1.82) is 0 Å². The normalized spacial score (nSPS) is 22.1. The Hall–Kier alpha value is -1.67. The molecule has 21 heavy (non-hydrogen) atoms. The summed E-state index contributed by atoms with van der Waals surface area (Å²) in [5, 5.41) is 13.6. The SMILES string of the molecule is CCC1COC(C)CN1C(=O)NCc1nc(C(=O)O)cs1. The molecule has 1 aromatic rings. The second kappa shape index (κ2) is 6.86. The summed E-state index contributed by atoms with van der Waals surface area (Å²) in [6.45, 7) is 5.30. The van der Waals surface area contributed by atoms with E-state index in [0.29, 0.717) is 18.2 Å². The maximum Gasteiger partial charge on any atom is 0.355 e. The molecule has 0 aliphatic carbocycles. The van der Waals surface area contributed by atoms with Crippen LogP contribution in [-0.2, 0) is 11.3 Å². The minimum atomic E-state index is -1.06. The zero-order valence-electron chi connectivity index (χ0n) is 12.0. The van der Waals surface area contributed by atoms with Gasteiger partial charge in [0.1, 0.15) is 5.01 Å². The Bertz CT molecular complexity index is 519. The molecule has 0 radical (unpaired) electrons. The van der Waals surface area contributed by atoms with E-state index < -0.39 is 5.97 Å². The third-order valence-electron chi connectivity index (χ3n) is 3.36. The van der Waals surface area contributed by atoms with Crippen molar-refractivity contribution in [2.45, 2.75) is 39.0 Å². The Balaban J connectivity index is 1.91. The van der Waals surface area contributed by atoms with Gasteiger partial charge in [0.15, 0.2) is 5.69 Å². The Morgan fingerprint density at radius 2 is 2.38 bits per heavy atom. The number of carbonyl (C=O) groups is 2. The summed E-state index contributed by atoms with van der Waals surface area (Å²) in [7, 11) is 0. The molecular formula is C13H19N3O4S. The Morgan fingerprint density at radius 1 is 1.62 bits per heavy atom. The van der Waals surface area contributed by atoms with E-state index in [4.69, 9.17) is 9.84 Å². The second-order valence-corrected chi connectivity index (χ2v) is 5.89.